The quantitative estimate of drug-likeness (QED) is 0.707. The van der Waals surface area contributed by atoms with Crippen molar-refractivity contribution < 1.29 is 0 Å². The number of aromatic nitrogens is 1. The van der Waals surface area contributed by atoms with E-state index in [1.54, 1.807) is 0 Å². The Labute approximate surface area is 89.7 Å². The van der Waals surface area contributed by atoms with Gasteiger partial charge in [-0.05, 0) is 24.4 Å². The fraction of sp³-hybridized carbons (Fsp3) is 0.333. The Kier molecular flexibility index (Phi) is 3.04. The fourth-order valence-corrected chi connectivity index (χ4v) is 1.60. The zero-order valence-electron chi connectivity index (χ0n) is 8.96. The summed E-state index contributed by atoms with van der Waals surface area (Å²) in [5.41, 5.74) is 7.93. The smallest absolute Gasteiger partial charge is 0.0456 e. The van der Waals surface area contributed by atoms with E-state index in [0.29, 0.717) is 12.6 Å². The molecule has 1 heterocycles. The van der Waals surface area contributed by atoms with Gasteiger partial charge in [0.05, 0.1) is 0 Å². The number of para-hydroxylation sites is 1. The molecule has 3 nitrogen and oxygen atoms in total. The van der Waals surface area contributed by atoms with E-state index in [4.69, 9.17) is 5.73 Å². The lowest BCUT2D eigenvalue weighted by atomic mass is 10.2. The number of hydrogen-bond donors (Lipinski definition) is 3. The number of aromatic amines is 1. The highest BCUT2D eigenvalue weighted by molar-refractivity contribution is 5.80. The molecule has 0 unspecified atom stereocenters. The first-order chi connectivity index (χ1) is 7.29. The van der Waals surface area contributed by atoms with Gasteiger partial charge in [-0.15, -0.1) is 0 Å². The highest BCUT2D eigenvalue weighted by atomic mass is 14.9. The van der Waals surface area contributed by atoms with E-state index in [0.717, 1.165) is 6.54 Å². The molecule has 4 N–H and O–H groups in total. The molecule has 0 aliphatic carbocycles. The van der Waals surface area contributed by atoms with Crippen molar-refractivity contribution in [3.63, 3.8) is 0 Å². The van der Waals surface area contributed by atoms with Crippen molar-refractivity contribution in [1.82, 2.24) is 10.3 Å². The Balaban J connectivity index is 2.09. The summed E-state index contributed by atoms with van der Waals surface area (Å²) in [6.07, 6.45) is 0. The summed E-state index contributed by atoms with van der Waals surface area (Å²) < 4.78 is 0. The van der Waals surface area contributed by atoms with Crippen LogP contribution in [0.1, 0.15) is 12.6 Å². The molecule has 15 heavy (non-hydrogen) atoms. The van der Waals surface area contributed by atoms with E-state index < -0.39 is 0 Å². The number of H-pyrrole nitrogens is 1. The predicted octanol–water partition coefficient (Wildman–Crippen LogP) is 1.60. The first kappa shape index (κ1) is 10.2. The lowest BCUT2D eigenvalue weighted by Gasteiger charge is -2.09. The third-order valence-corrected chi connectivity index (χ3v) is 2.58. The van der Waals surface area contributed by atoms with Gasteiger partial charge in [0.15, 0.2) is 0 Å². The molecular weight excluding hydrogens is 186 g/mol. The van der Waals surface area contributed by atoms with Gasteiger partial charge >= 0.3 is 0 Å². The molecule has 1 aromatic carbocycles. The second-order valence-corrected chi connectivity index (χ2v) is 3.90. The number of nitrogens with one attached hydrogen (secondary N) is 2. The Bertz CT molecular complexity index is 400. The van der Waals surface area contributed by atoms with E-state index in [1.807, 2.05) is 6.07 Å². The standard InChI is InChI=1S/C12H17N3/c1-9(7-13)14-8-11-6-10-4-2-3-5-12(10)15-11/h2-6,9,14-15H,7-8,13H2,1H3/t9-/m1/s1. The number of nitrogens with two attached hydrogens (primary N) is 1. The summed E-state index contributed by atoms with van der Waals surface area (Å²) in [5, 5.41) is 4.61. The Morgan fingerprint density at radius 3 is 2.93 bits per heavy atom. The second kappa shape index (κ2) is 4.47. The van der Waals surface area contributed by atoms with Crippen LogP contribution in [0.4, 0.5) is 0 Å². The minimum absolute atomic E-state index is 0.358. The van der Waals surface area contributed by atoms with Gasteiger partial charge in [0.25, 0.3) is 0 Å². The zero-order valence-corrected chi connectivity index (χ0v) is 8.96. The van der Waals surface area contributed by atoms with Crippen molar-refractivity contribution in [2.24, 2.45) is 5.73 Å². The number of hydrogen-bond acceptors (Lipinski definition) is 2. The summed E-state index contributed by atoms with van der Waals surface area (Å²) in [7, 11) is 0. The largest absolute Gasteiger partial charge is 0.357 e. The summed E-state index contributed by atoms with van der Waals surface area (Å²) in [4.78, 5) is 3.37. The summed E-state index contributed by atoms with van der Waals surface area (Å²) in [5.74, 6) is 0. The van der Waals surface area contributed by atoms with Crippen LogP contribution in [0.2, 0.25) is 0 Å². The van der Waals surface area contributed by atoms with E-state index in [2.05, 4.69) is 41.5 Å². The average molecular weight is 203 g/mol. The molecule has 0 saturated carbocycles. The van der Waals surface area contributed by atoms with Crippen LogP contribution in [0.25, 0.3) is 10.9 Å². The molecule has 0 fully saturated rings. The van der Waals surface area contributed by atoms with E-state index in [-0.39, 0.29) is 0 Å². The van der Waals surface area contributed by atoms with Crippen LogP contribution in [0.15, 0.2) is 30.3 Å². The van der Waals surface area contributed by atoms with Crippen molar-refractivity contribution in [3.8, 4) is 0 Å². The van der Waals surface area contributed by atoms with Gasteiger partial charge in [-0.2, -0.15) is 0 Å². The molecular formula is C12H17N3. The Hall–Kier alpha value is -1.32. The molecule has 0 saturated heterocycles. The summed E-state index contributed by atoms with van der Waals surface area (Å²) >= 11 is 0. The molecule has 0 amide bonds. The molecule has 0 bridgehead atoms. The van der Waals surface area contributed by atoms with Crippen LogP contribution in [0.3, 0.4) is 0 Å². The maximum atomic E-state index is 5.54. The monoisotopic (exact) mass is 203 g/mol. The number of rotatable bonds is 4. The van der Waals surface area contributed by atoms with Gasteiger partial charge in [-0.25, -0.2) is 0 Å². The lowest BCUT2D eigenvalue weighted by molar-refractivity contribution is 0.552. The normalized spacial score (nSPS) is 13.2. The number of benzene rings is 1. The van der Waals surface area contributed by atoms with Gasteiger partial charge in [-0.3, -0.25) is 0 Å². The maximum Gasteiger partial charge on any atom is 0.0456 e. The molecule has 3 heteroatoms. The van der Waals surface area contributed by atoms with E-state index in [1.165, 1.54) is 16.6 Å². The van der Waals surface area contributed by atoms with Gasteiger partial charge in [-0.1, -0.05) is 18.2 Å². The van der Waals surface area contributed by atoms with Gasteiger partial charge in [0, 0.05) is 30.3 Å². The lowest BCUT2D eigenvalue weighted by Crippen LogP contribution is -2.32. The SMILES string of the molecule is C[C@H](CN)NCc1cc2ccccc2[nH]1. The summed E-state index contributed by atoms with van der Waals surface area (Å²) in [6, 6.07) is 10.8. The molecule has 80 valence electrons. The van der Waals surface area contributed by atoms with E-state index in [9.17, 15) is 0 Å². The third kappa shape index (κ3) is 2.37. The van der Waals surface area contributed by atoms with Gasteiger partial charge in [0.1, 0.15) is 0 Å². The summed E-state index contributed by atoms with van der Waals surface area (Å²) in [6.45, 7) is 3.59. The first-order valence-electron chi connectivity index (χ1n) is 5.29. The maximum absolute atomic E-state index is 5.54. The van der Waals surface area contributed by atoms with Crippen LogP contribution in [-0.4, -0.2) is 17.6 Å². The average Bonchev–Trinajstić information content (AvgIpc) is 2.68. The van der Waals surface area contributed by atoms with Crippen LogP contribution in [0, 0.1) is 0 Å². The van der Waals surface area contributed by atoms with Crippen molar-refractivity contribution in [2.45, 2.75) is 19.5 Å². The van der Waals surface area contributed by atoms with Gasteiger partial charge < -0.3 is 16.0 Å². The molecule has 1 aromatic heterocycles. The van der Waals surface area contributed by atoms with Crippen LogP contribution in [0.5, 0.6) is 0 Å². The minimum Gasteiger partial charge on any atom is -0.357 e. The zero-order chi connectivity index (χ0) is 10.7. The third-order valence-electron chi connectivity index (χ3n) is 2.58. The van der Waals surface area contributed by atoms with Crippen molar-refractivity contribution in [2.75, 3.05) is 6.54 Å². The van der Waals surface area contributed by atoms with Gasteiger partial charge in [0.2, 0.25) is 0 Å². The molecule has 0 radical (unpaired) electrons. The fourth-order valence-electron chi connectivity index (χ4n) is 1.60. The van der Waals surface area contributed by atoms with Crippen LogP contribution in [-0.2, 0) is 6.54 Å². The highest BCUT2D eigenvalue weighted by Gasteiger charge is 2.01. The van der Waals surface area contributed by atoms with Crippen LogP contribution < -0.4 is 11.1 Å². The first-order valence-corrected chi connectivity index (χ1v) is 5.29. The molecule has 1 atom stereocenters. The molecule has 2 aromatic rings. The second-order valence-electron chi connectivity index (χ2n) is 3.90. The number of fused-ring (bicyclic) bond motifs is 1. The van der Waals surface area contributed by atoms with Crippen LogP contribution >= 0.6 is 0 Å². The van der Waals surface area contributed by atoms with Crippen molar-refractivity contribution in [1.29, 1.82) is 0 Å². The predicted molar refractivity (Wildman–Crippen MR) is 63.7 cm³/mol. The topological polar surface area (TPSA) is 53.8 Å². The molecule has 0 spiro atoms. The highest BCUT2D eigenvalue weighted by Crippen LogP contribution is 2.14. The minimum atomic E-state index is 0.358. The Morgan fingerprint density at radius 2 is 2.20 bits per heavy atom. The van der Waals surface area contributed by atoms with Crippen molar-refractivity contribution >= 4 is 10.9 Å². The van der Waals surface area contributed by atoms with E-state index >= 15 is 0 Å². The molecule has 0 aliphatic rings. The molecule has 0 aliphatic heterocycles. The molecule has 2 rings (SSSR count). The Morgan fingerprint density at radius 1 is 1.40 bits per heavy atom. The van der Waals surface area contributed by atoms with Crippen molar-refractivity contribution in [3.05, 3.63) is 36.0 Å².